The van der Waals surface area contributed by atoms with E-state index in [0.29, 0.717) is 0 Å². The van der Waals surface area contributed by atoms with Crippen LogP contribution in [0.1, 0.15) is 23.2 Å². The van der Waals surface area contributed by atoms with E-state index < -0.39 is 0 Å². The molecule has 3 aromatic rings. The van der Waals surface area contributed by atoms with Gasteiger partial charge in [0, 0.05) is 49.7 Å². The lowest BCUT2D eigenvalue weighted by Gasteiger charge is -2.26. The maximum absolute atomic E-state index is 2.56. The number of allylic oxidation sites excluding steroid dienone is 1. The largest absolute Gasteiger partial charge is 0.347 e. The molecule has 0 saturated heterocycles. The highest BCUT2D eigenvalue weighted by atomic mass is 15.1. The Balaban J connectivity index is 1.36. The second-order valence-corrected chi connectivity index (χ2v) is 6.98. The molecular formula is C23H26N2. The average Bonchev–Trinajstić information content (AvgIpc) is 2.95. The quantitative estimate of drug-likeness (QED) is 0.614. The molecule has 0 unspecified atom stereocenters. The zero-order chi connectivity index (χ0) is 17.1. The highest BCUT2D eigenvalue weighted by molar-refractivity contribution is 5.85. The summed E-state index contributed by atoms with van der Waals surface area (Å²) in [6, 6.07) is 19.5. The molecule has 0 N–H and O–H groups in total. The van der Waals surface area contributed by atoms with Gasteiger partial charge in [0.15, 0.2) is 0 Å². The van der Waals surface area contributed by atoms with Gasteiger partial charge >= 0.3 is 0 Å². The first-order valence-electron chi connectivity index (χ1n) is 9.29. The first kappa shape index (κ1) is 16.2. The van der Waals surface area contributed by atoms with Crippen LogP contribution in [0.5, 0.6) is 0 Å². The van der Waals surface area contributed by atoms with Gasteiger partial charge in [-0.05, 0) is 30.0 Å². The molecular weight excluding hydrogens is 304 g/mol. The highest BCUT2D eigenvalue weighted by Crippen LogP contribution is 2.29. The number of fused-ring (bicyclic) bond motifs is 3. The lowest BCUT2D eigenvalue weighted by Crippen LogP contribution is -2.31. The van der Waals surface area contributed by atoms with E-state index in [1.54, 1.807) is 0 Å². The third-order valence-corrected chi connectivity index (χ3v) is 5.36. The minimum atomic E-state index is 1.05. The van der Waals surface area contributed by atoms with E-state index in [2.05, 4.69) is 83.3 Å². The smallest absolute Gasteiger partial charge is 0.0483 e. The molecule has 1 aliphatic rings. The van der Waals surface area contributed by atoms with Gasteiger partial charge in [-0.25, -0.2) is 0 Å². The molecule has 0 saturated carbocycles. The summed E-state index contributed by atoms with van der Waals surface area (Å²) in [7, 11) is 2.21. The predicted molar refractivity (Wildman–Crippen MR) is 106 cm³/mol. The first-order valence-corrected chi connectivity index (χ1v) is 9.29. The van der Waals surface area contributed by atoms with Crippen molar-refractivity contribution < 1.29 is 0 Å². The molecule has 2 heterocycles. The Morgan fingerprint density at radius 3 is 2.64 bits per heavy atom. The zero-order valence-electron chi connectivity index (χ0n) is 15.0. The molecule has 1 aliphatic heterocycles. The summed E-state index contributed by atoms with van der Waals surface area (Å²) in [6.45, 7) is 3.28. The summed E-state index contributed by atoms with van der Waals surface area (Å²) < 4.78 is 2.39. The molecule has 4 rings (SSSR count). The standard InChI is InChI=1S/C23H26N2/c1-24-22-14-8-7-13-20(22)21-18-25(17-15-23(21)24)16-9-3-6-12-19-10-4-2-5-11-19/h2-5,7-11,13-14H,6,12,15-18H2,1H3/b9-3+. The van der Waals surface area contributed by atoms with E-state index in [-0.39, 0.29) is 0 Å². The third-order valence-electron chi connectivity index (χ3n) is 5.36. The molecule has 2 aromatic carbocycles. The van der Waals surface area contributed by atoms with Crippen LogP contribution in [-0.2, 0) is 26.4 Å². The molecule has 0 fully saturated rings. The summed E-state index contributed by atoms with van der Waals surface area (Å²) in [6.07, 6.45) is 8.09. The second kappa shape index (κ2) is 7.28. The minimum Gasteiger partial charge on any atom is -0.347 e. The SMILES string of the molecule is Cn1c2c(c3ccccc31)CN(C/C=C/CCc1ccccc1)CC2. The minimum absolute atomic E-state index is 1.05. The van der Waals surface area contributed by atoms with Crippen molar-refractivity contribution >= 4 is 10.9 Å². The summed E-state index contributed by atoms with van der Waals surface area (Å²) in [4.78, 5) is 2.56. The van der Waals surface area contributed by atoms with Crippen molar-refractivity contribution in [3.63, 3.8) is 0 Å². The molecule has 0 amide bonds. The molecule has 0 spiro atoms. The Labute approximate surface area is 150 Å². The lowest BCUT2D eigenvalue weighted by molar-refractivity contribution is 0.279. The van der Waals surface area contributed by atoms with Crippen molar-refractivity contribution in [3.8, 4) is 0 Å². The summed E-state index contributed by atoms with van der Waals surface area (Å²) in [5.41, 5.74) is 5.84. The van der Waals surface area contributed by atoms with E-state index in [4.69, 9.17) is 0 Å². The van der Waals surface area contributed by atoms with E-state index in [1.807, 2.05) is 0 Å². The summed E-state index contributed by atoms with van der Waals surface area (Å²) >= 11 is 0. The van der Waals surface area contributed by atoms with Gasteiger partial charge in [0.25, 0.3) is 0 Å². The van der Waals surface area contributed by atoms with Gasteiger partial charge < -0.3 is 4.57 Å². The fourth-order valence-corrected chi connectivity index (χ4v) is 3.98. The van der Waals surface area contributed by atoms with Gasteiger partial charge in [0.2, 0.25) is 0 Å². The van der Waals surface area contributed by atoms with E-state index in [1.165, 1.54) is 27.7 Å². The fourth-order valence-electron chi connectivity index (χ4n) is 3.98. The number of para-hydroxylation sites is 1. The third kappa shape index (κ3) is 3.40. The van der Waals surface area contributed by atoms with Crippen LogP contribution in [-0.4, -0.2) is 22.6 Å². The lowest BCUT2D eigenvalue weighted by atomic mass is 10.0. The van der Waals surface area contributed by atoms with Crippen LogP contribution in [0.15, 0.2) is 66.7 Å². The van der Waals surface area contributed by atoms with E-state index in [9.17, 15) is 0 Å². The van der Waals surface area contributed by atoms with Crippen LogP contribution in [0.2, 0.25) is 0 Å². The van der Waals surface area contributed by atoms with Crippen molar-refractivity contribution in [3.05, 3.63) is 83.6 Å². The van der Waals surface area contributed by atoms with Crippen LogP contribution < -0.4 is 0 Å². The normalized spacial score (nSPS) is 15.1. The molecule has 0 radical (unpaired) electrons. The van der Waals surface area contributed by atoms with Gasteiger partial charge in [-0.1, -0.05) is 60.7 Å². The van der Waals surface area contributed by atoms with Crippen molar-refractivity contribution in [2.24, 2.45) is 7.05 Å². The molecule has 1 aromatic heterocycles. The van der Waals surface area contributed by atoms with Crippen LogP contribution in [0.4, 0.5) is 0 Å². The molecule has 2 nitrogen and oxygen atoms in total. The van der Waals surface area contributed by atoms with Gasteiger partial charge in [-0.3, -0.25) is 4.90 Å². The first-order chi connectivity index (χ1) is 12.3. The number of benzene rings is 2. The van der Waals surface area contributed by atoms with Crippen molar-refractivity contribution in [1.82, 2.24) is 9.47 Å². The van der Waals surface area contributed by atoms with Gasteiger partial charge in [-0.2, -0.15) is 0 Å². The van der Waals surface area contributed by atoms with Crippen LogP contribution >= 0.6 is 0 Å². The number of hydrogen-bond acceptors (Lipinski definition) is 1. The Kier molecular flexibility index (Phi) is 4.71. The average molecular weight is 330 g/mol. The topological polar surface area (TPSA) is 8.17 Å². The Morgan fingerprint density at radius 1 is 0.960 bits per heavy atom. The van der Waals surface area contributed by atoms with E-state index >= 15 is 0 Å². The van der Waals surface area contributed by atoms with Crippen molar-refractivity contribution in [2.75, 3.05) is 13.1 Å². The monoisotopic (exact) mass is 330 g/mol. The summed E-state index contributed by atoms with van der Waals surface area (Å²) in [5, 5.41) is 1.43. The van der Waals surface area contributed by atoms with Gasteiger partial charge in [0.1, 0.15) is 0 Å². The molecule has 0 aliphatic carbocycles. The number of hydrogen-bond donors (Lipinski definition) is 0. The predicted octanol–water partition coefficient (Wildman–Crippen LogP) is 4.73. The molecule has 25 heavy (non-hydrogen) atoms. The van der Waals surface area contributed by atoms with Crippen LogP contribution in [0.3, 0.4) is 0 Å². The van der Waals surface area contributed by atoms with Crippen molar-refractivity contribution in [1.29, 1.82) is 0 Å². The maximum Gasteiger partial charge on any atom is 0.0483 e. The number of rotatable bonds is 5. The Bertz CT molecular complexity index is 874. The Morgan fingerprint density at radius 2 is 1.76 bits per heavy atom. The maximum atomic E-state index is 2.56. The second-order valence-electron chi connectivity index (χ2n) is 6.98. The highest BCUT2D eigenvalue weighted by Gasteiger charge is 2.21. The number of nitrogens with zero attached hydrogens (tertiary/aromatic N) is 2. The van der Waals surface area contributed by atoms with E-state index in [0.717, 1.165) is 38.9 Å². The molecule has 2 heteroatoms. The molecule has 0 atom stereocenters. The summed E-state index contributed by atoms with van der Waals surface area (Å²) in [5.74, 6) is 0. The van der Waals surface area contributed by atoms with Gasteiger partial charge in [-0.15, -0.1) is 0 Å². The van der Waals surface area contributed by atoms with Gasteiger partial charge in [0.05, 0.1) is 0 Å². The van der Waals surface area contributed by atoms with Crippen LogP contribution in [0.25, 0.3) is 10.9 Å². The molecule has 128 valence electrons. The van der Waals surface area contributed by atoms with Crippen molar-refractivity contribution in [2.45, 2.75) is 25.8 Å². The van der Waals surface area contributed by atoms with Crippen LogP contribution in [0, 0.1) is 0 Å². The number of aryl methyl sites for hydroxylation is 2. The molecule has 0 bridgehead atoms. The fraction of sp³-hybridized carbons (Fsp3) is 0.304. The zero-order valence-corrected chi connectivity index (χ0v) is 15.0. The number of aromatic nitrogens is 1. The Hall–Kier alpha value is -2.32.